The summed E-state index contributed by atoms with van der Waals surface area (Å²) < 4.78 is 15.6. The van der Waals surface area contributed by atoms with Crippen molar-refractivity contribution in [3.63, 3.8) is 0 Å². The predicted octanol–water partition coefficient (Wildman–Crippen LogP) is 3.78. The van der Waals surface area contributed by atoms with Crippen LogP contribution < -0.4 is 5.32 Å². The second-order valence-corrected chi connectivity index (χ2v) is 5.31. The Morgan fingerprint density at radius 2 is 2.14 bits per heavy atom. The number of nitrogens with zero attached hydrogens (tertiary/aromatic N) is 3. The number of anilines is 1. The van der Waals surface area contributed by atoms with Crippen LogP contribution in [0.2, 0.25) is 0 Å². The summed E-state index contributed by atoms with van der Waals surface area (Å²) in [5.41, 5.74) is 1.74. The summed E-state index contributed by atoms with van der Waals surface area (Å²) >= 11 is 3.14. The summed E-state index contributed by atoms with van der Waals surface area (Å²) in [7, 11) is 0. The van der Waals surface area contributed by atoms with Crippen molar-refractivity contribution in [1.29, 1.82) is 0 Å². The molecule has 3 aromatic rings. The van der Waals surface area contributed by atoms with Gasteiger partial charge in [0.2, 0.25) is 0 Å². The molecule has 0 fully saturated rings. The van der Waals surface area contributed by atoms with Crippen LogP contribution in [0.25, 0.3) is 5.82 Å². The third kappa shape index (κ3) is 3.28. The zero-order valence-electron chi connectivity index (χ0n) is 11.0. The number of halogens is 2. The van der Waals surface area contributed by atoms with Crippen molar-refractivity contribution in [2.45, 2.75) is 6.54 Å². The lowest BCUT2D eigenvalue weighted by atomic mass is 10.2. The summed E-state index contributed by atoms with van der Waals surface area (Å²) in [5.74, 6) is 0.488. The van der Waals surface area contributed by atoms with Gasteiger partial charge >= 0.3 is 0 Å². The number of pyridine rings is 1. The molecule has 0 saturated carbocycles. The van der Waals surface area contributed by atoms with Crippen molar-refractivity contribution in [3.8, 4) is 5.82 Å². The first-order chi connectivity index (χ1) is 10.2. The molecule has 3 rings (SSSR count). The maximum absolute atomic E-state index is 13.4. The molecule has 6 heteroatoms. The van der Waals surface area contributed by atoms with E-state index in [1.807, 2.05) is 30.5 Å². The number of hydrogen-bond acceptors (Lipinski definition) is 3. The second kappa shape index (κ2) is 6.05. The Labute approximate surface area is 129 Å². The van der Waals surface area contributed by atoms with Gasteiger partial charge in [0.1, 0.15) is 5.82 Å². The molecular formula is C15H12BrFN4. The number of rotatable bonds is 4. The Bertz CT molecular complexity index is 726. The van der Waals surface area contributed by atoms with Crippen LogP contribution in [0.5, 0.6) is 0 Å². The SMILES string of the molecule is Fc1cc(CNc2ccc(-n3cccn3)nc2)ccc1Br. The lowest BCUT2D eigenvalue weighted by Gasteiger charge is -2.08. The first-order valence-electron chi connectivity index (χ1n) is 6.36. The monoisotopic (exact) mass is 346 g/mol. The molecule has 1 aromatic carbocycles. The van der Waals surface area contributed by atoms with Gasteiger partial charge in [-0.15, -0.1) is 0 Å². The van der Waals surface area contributed by atoms with Crippen molar-refractivity contribution >= 4 is 21.6 Å². The van der Waals surface area contributed by atoms with E-state index in [9.17, 15) is 4.39 Å². The molecule has 2 heterocycles. The van der Waals surface area contributed by atoms with Crippen LogP contribution >= 0.6 is 15.9 Å². The first kappa shape index (κ1) is 13.8. The average molecular weight is 347 g/mol. The van der Waals surface area contributed by atoms with Crippen LogP contribution in [0.4, 0.5) is 10.1 Å². The van der Waals surface area contributed by atoms with E-state index in [4.69, 9.17) is 0 Å². The highest BCUT2D eigenvalue weighted by molar-refractivity contribution is 9.10. The zero-order valence-corrected chi connectivity index (χ0v) is 12.6. The topological polar surface area (TPSA) is 42.7 Å². The summed E-state index contributed by atoms with van der Waals surface area (Å²) in [5, 5.41) is 7.32. The minimum Gasteiger partial charge on any atom is -0.380 e. The zero-order chi connectivity index (χ0) is 14.7. The van der Waals surface area contributed by atoms with Crippen molar-refractivity contribution < 1.29 is 4.39 Å². The quantitative estimate of drug-likeness (QED) is 0.781. The highest BCUT2D eigenvalue weighted by atomic mass is 79.9. The van der Waals surface area contributed by atoms with Crippen LogP contribution in [0.15, 0.2) is 59.5 Å². The van der Waals surface area contributed by atoms with Gasteiger partial charge in [-0.25, -0.2) is 14.1 Å². The third-order valence-corrected chi connectivity index (χ3v) is 3.61. The lowest BCUT2D eigenvalue weighted by Crippen LogP contribution is -2.02. The molecule has 0 spiro atoms. The van der Waals surface area contributed by atoms with Crippen molar-refractivity contribution in [3.05, 3.63) is 70.8 Å². The molecule has 0 unspecified atom stereocenters. The minimum absolute atomic E-state index is 0.263. The fourth-order valence-electron chi connectivity index (χ4n) is 1.88. The van der Waals surface area contributed by atoms with E-state index in [-0.39, 0.29) is 5.82 Å². The van der Waals surface area contributed by atoms with Gasteiger partial charge in [-0.3, -0.25) is 0 Å². The van der Waals surface area contributed by atoms with E-state index in [1.54, 1.807) is 23.1 Å². The minimum atomic E-state index is -0.263. The largest absolute Gasteiger partial charge is 0.380 e. The summed E-state index contributed by atoms with van der Waals surface area (Å²) in [6, 6.07) is 10.7. The van der Waals surface area contributed by atoms with E-state index >= 15 is 0 Å². The van der Waals surface area contributed by atoms with Gasteiger partial charge in [-0.1, -0.05) is 6.07 Å². The van der Waals surface area contributed by atoms with Gasteiger partial charge in [-0.05, 0) is 51.8 Å². The Kier molecular flexibility index (Phi) is 3.96. The Balaban J connectivity index is 1.66. The fourth-order valence-corrected chi connectivity index (χ4v) is 2.13. The van der Waals surface area contributed by atoms with Crippen molar-refractivity contribution in [2.24, 2.45) is 0 Å². The van der Waals surface area contributed by atoms with Crippen LogP contribution in [-0.2, 0) is 6.54 Å². The molecule has 0 amide bonds. The van der Waals surface area contributed by atoms with E-state index in [0.717, 1.165) is 17.1 Å². The highest BCUT2D eigenvalue weighted by Gasteiger charge is 2.02. The molecule has 4 nitrogen and oxygen atoms in total. The number of benzene rings is 1. The average Bonchev–Trinajstić information content (AvgIpc) is 3.03. The standard InChI is InChI=1S/C15H12BrFN4/c16-13-4-2-11(8-14(13)17)9-18-12-3-5-15(19-10-12)21-7-1-6-20-21/h1-8,10,18H,9H2. The Morgan fingerprint density at radius 1 is 1.24 bits per heavy atom. The van der Waals surface area contributed by atoms with E-state index < -0.39 is 0 Å². The van der Waals surface area contributed by atoms with Gasteiger partial charge in [0, 0.05) is 18.9 Å². The molecule has 0 aliphatic carbocycles. The molecule has 0 aliphatic heterocycles. The molecular weight excluding hydrogens is 335 g/mol. The highest BCUT2D eigenvalue weighted by Crippen LogP contribution is 2.17. The van der Waals surface area contributed by atoms with Gasteiger partial charge in [-0.2, -0.15) is 5.10 Å². The second-order valence-electron chi connectivity index (χ2n) is 4.46. The van der Waals surface area contributed by atoms with E-state index in [2.05, 4.69) is 31.3 Å². The first-order valence-corrected chi connectivity index (χ1v) is 7.15. The molecule has 0 radical (unpaired) electrons. The normalized spacial score (nSPS) is 10.6. The van der Waals surface area contributed by atoms with E-state index in [0.29, 0.717) is 11.0 Å². The molecule has 0 bridgehead atoms. The van der Waals surface area contributed by atoms with Gasteiger partial charge in [0.05, 0.1) is 16.4 Å². The third-order valence-electron chi connectivity index (χ3n) is 2.97. The smallest absolute Gasteiger partial charge is 0.153 e. The Hall–Kier alpha value is -2.21. The molecule has 2 aromatic heterocycles. The molecule has 1 N–H and O–H groups in total. The molecule has 0 atom stereocenters. The number of hydrogen-bond donors (Lipinski definition) is 1. The Morgan fingerprint density at radius 3 is 2.81 bits per heavy atom. The maximum Gasteiger partial charge on any atom is 0.153 e. The van der Waals surface area contributed by atoms with E-state index in [1.165, 1.54) is 6.07 Å². The number of aromatic nitrogens is 3. The summed E-state index contributed by atoms with van der Waals surface area (Å²) in [4.78, 5) is 4.32. The lowest BCUT2D eigenvalue weighted by molar-refractivity contribution is 0.619. The summed E-state index contributed by atoms with van der Waals surface area (Å²) in [6.45, 7) is 0.535. The number of nitrogens with one attached hydrogen (secondary N) is 1. The predicted molar refractivity (Wildman–Crippen MR) is 82.8 cm³/mol. The molecule has 0 aliphatic rings. The van der Waals surface area contributed by atoms with Crippen LogP contribution in [0.3, 0.4) is 0 Å². The molecule has 106 valence electrons. The van der Waals surface area contributed by atoms with Gasteiger partial charge in [0.15, 0.2) is 5.82 Å². The van der Waals surface area contributed by atoms with Crippen LogP contribution in [0, 0.1) is 5.82 Å². The van der Waals surface area contributed by atoms with Crippen molar-refractivity contribution in [1.82, 2.24) is 14.8 Å². The van der Waals surface area contributed by atoms with Gasteiger partial charge in [0.25, 0.3) is 0 Å². The summed E-state index contributed by atoms with van der Waals surface area (Å²) in [6.07, 6.45) is 5.27. The molecule has 21 heavy (non-hydrogen) atoms. The molecule has 0 saturated heterocycles. The van der Waals surface area contributed by atoms with Crippen molar-refractivity contribution in [2.75, 3.05) is 5.32 Å². The van der Waals surface area contributed by atoms with Gasteiger partial charge < -0.3 is 5.32 Å². The maximum atomic E-state index is 13.4. The fraction of sp³-hybridized carbons (Fsp3) is 0.0667. The van der Waals surface area contributed by atoms with Crippen LogP contribution in [-0.4, -0.2) is 14.8 Å². The van der Waals surface area contributed by atoms with Crippen LogP contribution in [0.1, 0.15) is 5.56 Å².